The first kappa shape index (κ1) is 23.8. The van der Waals surface area contributed by atoms with Gasteiger partial charge in [-0.05, 0) is 32.2 Å². The van der Waals surface area contributed by atoms with Crippen LogP contribution in [0.25, 0.3) is 10.9 Å². The van der Waals surface area contributed by atoms with Crippen LogP contribution in [0.5, 0.6) is 5.75 Å². The number of hydrogen-bond donors (Lipinski definition) is 1. The summed E-state index contributed by atoms with van der Waals surface area (Å²) in [5, 5.41) is 7.01. The van der Waals surface area contributed by atoms with Crippen LogP contribution in [0.4, 0.5) is 13.2 Å². The number of ether oxygens (including phenoxy) is 1. The van der Waals surface area contributed by atoms with E-state index in [1.165, 1.54) is 26.1 Å². The van der Waals surface area contributed by atoms with Gasteiger partial charge in [0.15, 0.2) is 0 Å². The van der Waals surface area contributed by atoms with Gasteiger partial charge in [0.2, 0.25) is 11.2 Å². The Kier molecular flexibility index (Phi) is 6.62. The fourth-order valence-corrected chi connectivity index (χ4v) is 3.54. The molecule has 0 bridgehead atoms. The fraction of sp³-hybridized carbons (Fsp3) is 0.286. The van der Waals surface area contributed by atoms with E-state index in [0.29, 0.717) is 27.2 Å². The van der Waals surface area contributed by atoms with E-state index in [1.807, 2.05) is 0 Å². The number of alkyl halides is 3. The SMILES string of the molecule is C#Cc1cnc2c(Cl)cc(OC(SC)C(=O)NC(C)(C)c3cc(C(F)(F)F)on3)cc2c1. The van der Waals surface area contributed by atoms with Crippen molar-refractivity contribution >= 4 is 40.2 Å². The van der Waals surface area contributed by atoms with Crippen LogP contribution < -0.4 is 10.1 Å². The third-order valence-electron chi connectivity index (χ3n) is 4.41. The van der Waals surface area contributed by atoms with Gasteiger partial charge < -0.3 is 14.6 Å². The highest BCUT2D eigenvalue weighted by atomic mass is 35.5. The summed E-state index contributed by atoms with van der Waals surface area (Å²) in [4.78, 5) is 17.0. The van der Waals surface area contributed by atoms with Gasteiger partial charge in [-0.2, -0.15) is 13.2 Å². The minimum atomic E-state index is -4.68. The molecule has 0 fully saturated rings. The van der Waals surface area contributed by atoms with Gasteiger partial charge in [0, 0.05) is 29.3 Å². The summed E-state index contributed by atoms with van der Waals surface area (Å²) in [5.74, 6) is 0.950. The first-order chi connectivity index (χ1) is 14.9. The Morgan fingerprint density at radius 1 is 1.31 bits per heavy atom. The van der Waals surface area contributed by atoms with Gasteiger partial charge in [0.05, 0.1) is 16.1 Å². The molecule has 2 aromatic heterocycles. The molecule has 6 nitrogen and oxygen atoms in total. The van der Waals surface area contributed by atoms with Gasteiger partial charge in [-0.25, -0.2) is 0 Å². The Morgan fingerprint density at radius 2 is 2.03 bits per heavy atom. The van der Waals surface area contributed by atoms with Crippen LogP contribution in [0.3, 0.4) is 0 Å². The molecule has 0 aliphatic heterocycles. The molecule has 11 heteroatoms. The maximum absolute atomic E-state index is 12.8. The van der Waals surface area contributed by atoms with Crippen molar-refractivity contribution in [1.29, 1.82) is 0 Å². The van der Waals surface area contributed by atoms with Crippen molar-refractivity contribution in [2.24, 2.45) is 0 Å². The zero-order valence-corrected chi connectivity index (χ0v) is 18.7. The molecule has 1 unspecified atom stereocenters. The van der Waals surface area contributed by atoms with Crippen molar-refractivity contribution in [3.63, 3.8) is 0 Å². The molecule has 1 N–H and O–H groups in total. The number of amides is 1. The lowest BCUT2D eigenvalue weighted by Crippen LogP contribution is -2.46. The molecule has 1 amide bonds. The Bertz CT molecular complexity index is 1200. The molecular formula is C21H17ClF3N3O3S. The number of nitrogens with one attached hydrogen (secondary N) is 1. The van der Waals surface area contributed by atoms with Crippen LogP contribution in [0.2, 0.25) is 5.02 Å². The van der Waals surface area contributed by atoms with E-state index in [-0.39, 0.29) is 5.69 Å². The third kappa shape index (κ3) is 5.11. The van der Waals surface area contributed by atoms with Crippen molar-refractivity contribution in [3.05, 3.63) is 52.5 Å². The molecule has 0 spiro atoms. The number of fused-ring (bicyclic) bond motifs is 1. The zero-order chi connectivity index (χ0) is 23.7. The van der Waals surface area contributed by atoms with Gasteiger partial charge in [-0.1, -0.05) is 22.7 Å². The van der Waals surface area contributed by atoms with Crippen molar-refractivity contribution in [1.82, 2.24) is 15.5 Å². The summed E-state index contributed by atoms with van der Waals surface area (Å²) in [6, 6.07) is 5.61. The Labute approximate surface area is 190 Å². The lowest BCUT2D eigenvalue weighted by atomic mass is 10.0. The molecule has 2 heterocycles. The standard InChI is InChI=1S/C21H17ClF3N3O3S/c1-5-11-6-12-7-13(8-14(22)17(12)26-10-11)30-19(32-4)18(29)27-20(2,3)15-9-16(31-28-15)21(23,24)25/h1,6-10,19H,2-4H3,(H,27,29). The smallest absolute Gasteiger partial charge is 0.452 e. The first-order valence-corrected chi connectivity index (χ1v) is 10.7. The highest BCUT2D eigenvalue weighted by Crippen LogP contribution is 2.33. The summed E-state index contributed by atoms with van der Waals surface area (Å²) in [7, 11) is 0. The predicted octanol–water partition coefficient (Wildman–Crippen LogP) is 5.00. The predicted molar refractivity (Wildman–Crippen MR) is 115 cm³/mol. The molecule has 3 aromatic rings. The summed E-state index contributed by atoms with van der Waals surface area (Å²) in [6.45, 7) is 3.00. The molecule has 0 saturated carbocycles. The number of pyridine rings is 1. The molecule has 168 valence electrons. The maximum atomic E-state index is 12.8. The van der Waals surface area contributed by atoms with E-state index in [1.54, 1.807) is 18.4 Å². The second-order valence-electron chi connectivity index (χ2n) is 7.22. The first-order valence-electron chi connectivity index (χ1n) is 9.06. The molecule has 0 radical (unpaired) electrons. The molecular weight excluding hydrogens is 467 g/mol. The van der Waals surface area contributed by atoms with E-state index in [9.17, 15) is 18.0 Å². The maximum Gasteiger partial charge on any atom is 0.452 e. The quantitative estimate of drug-likeness (QED) is 0.393. The van der Waals surface area contributed by atoms with E-state index >= 15 is 0 Å². The van der Waals surface area contributed by atoms with Crippen molar-refractivity contribution in [2.45, 2.75) is 31.0 Å². The van der Waals surface area contributed by atoms with Gasteiger partial charge in [-0.15, -0.1) is 18.2 Å². The summed E-state index contributed by atoms with van der Waals surface area (Å²) in [5.41, 5.74) is -1.29. The van der Waals surface area contributed by atoms with Crippen molar-refractivity contribution in [3.8, 4) is 18.1 Å². The largest absolute Gasteiger partial charge is 0.470 e. The zero-order valence-electron chi connectivity index (χ0n) is 17.1. The van der Waals surface area contributed by atoms with Gasteiger partial charge in [0.25, 0.3) is 5.91 Å². The fourth-order valence-electron chi connectivity index (χ4n) is 2.79. The van der Waals surface area contributed by atoms with Crippen LogP contribution in [-0.4, -0.2) is 27.7 Å². The number of benzene rings is 1. The number of carbonyl (C=O) groups excluding carboxylic acids is 1. The number of hydrogen-bond acceptors (Lipinski definition) is 6. The second kappa shape index (κ2) is 8.92. The Hall–Kier alpha value is -2.90. The molecule has 0 saturated heterocycles. The number of thioether (sulfide) groups is 1. The molecule has 1 aromatic carbocycles. The van der Waals surface area contributed by atoms with Crippen molar-refractivity contribution < 1.29 is 27.2 Å². The number of halogens is 4. The van der Waals surface area contributed by atoms with Crippen LogP contribution in [-0.2, 0) is 16.5 Å². The molecule has 0 aliphatic rings. The summed E-state index contributed by atoms with van der Waals surface area (Å²) in [6.07, 6.45) is 3.89. The summed E-state index contributed by atoms with van der Waals surface area (Å²) >= 11 is 7.37. The van der Waals surface area contributed by atoms with Crippen LogP contribution in [0, 0.1) is 12.3 Å². The lowest BCUT2D eigenvalue weighted by Gasteiger charge is -2.26. The number of terminal acetylenes is 1. The lowest BCUT2D eigenvalue weighted by molar-refractivity contribution is -0.155. The molecule has 0 aliphatic carbocycles. The number of carbonyl (C=O) groups is 1. The van der Waals surface area contributed by atoms with E-state index in [2.05, 4.69) is 25.9 Å². The van der Waals surface area contributed by atoms with E-state index in [0.717, 1.165) is 17.8 Å². The highest BCUT2D eigenvalue weighted by Gasteiger charge is 2.39. The number of rotatable bonds is 6. The normalized spacial score (nSPS) is 12.9. The van der Waals surface area contributed by atoms with Gasteiger partial charge >= 0.3 is 6.18 Å². The van der Waals surface area contributed by atoms with Crippen molar-refractivity contribution in [2.75, 3.05) is 6.26 Å². The van der Waals surface area contributed by atoms with E-state index < -0.39 is 28.8 Å². The number of nitrogens with zero attached hydrogens (tertiary/aromatic N) is 2. The average molecular weight is 484 g/mol. The monoisotopic (exact) mass is 483 g/mol. The average Bonchev–Trinajstić information content (AvgIpc) is 3.23. The highest BCUT2D eigenvalue weighted by molar-refractivity contribution is 7.99. The Morgan fingerprint density at radius 3 is 2.62 bits per heavy atom. The second-order valence-corrected chi connectivity index (χ2v) is 8.53. The van der Waals surface area contributed by atoms with Gasteiger partial charge in [0.1, 0.15) is 11.4 Å². The van der Waals surface area contributed by atoms with E-state index in [4.69, 9.17) is 22.8 Å². The molecule has 3 rings (SSSR count). The van der Waals surface area contributed by atoms with Crippen LogP contribution >= 0.6 is 23.4 Å². The van der Waals surface area contributed by atoms with Gasteiger partial charge in [-0.3, -0.25) is 9.78 Å². The molecule has 32 heavy (non-hydrogen) atoms. The third-order valence-corrected chi connectivity index (χ3v) is 5.44. The topological polar surface area (TPSA) is 77.2 Å². The number of aromatic nitrogens is 2. The molecule has 1 atom stereocenters. The van der Waals surface area contributed by atoms with Crippen LogP contribution in [0.1, 0.15) is 30.9 Å². The summed E-state index contributed by atoms with van der Waals surface area (Å²) < 4.78 is 48.5. The minimum Gasteiger partial charge on any atom is -0.470 e. The minimum absolute atomic E-state index is 0.0836. The van der Waals surface area contributed by atoms with Crippen LogP contribution in [0.15, 0.2) is 35.0 Å². The Balaban J connectivity index is 1.80.